The maximum atomic E-state index is 15.2. The van der Waals surface area contributed by atoms with E-state index in [1.54, 1.807) is 12.1 Å². The first kappa shape index (κ1) is 33.7. The highest BCUT2D eigenvalue weighted by atomic mass is 35.5. The van der Waals surface area contributed by atoms with Crippen LogP contribution in [0, 0.1) is 46.8 Å². The molecule has 0 bridgehead atoms. The Kier molecular flexibility index (Phi) is 8.02. The Morgan fingerprint density at radius 3 is 2.14 bits per heavy atom. The van der Waals surface area contributed by atoms with E-state index in [1.807, 2.05) is 0 Å². The number of hydrogen-bond donors (Lipinski definition) is 1. The van der Waals surface area contributed by atoms with Gasteiger partial charge in [0.15, 0.2) is 33.0 Å². The van der Waals surface area contributed by atoms with Gasteiger partial charge in [0.25, 0.3) is 11.8 Å². The van der Waals surface area contributed by atoms with Gasteiger partial charge in [-0.1, -0.05) is 55.2 Å². The van der Waals surface area contributed by atoms with Gasteiger partial charge in [0, 0.05) is 17.5 Å². The number of halogens is 7. The number of likely N-dealkylation sites (tertiary alicyclic amines) is 1. The van der Waals surface area contributed by atoms with Gasteiger partial charge in [-0.3, -0.25) is 24.1 Å². The van der Waals surface area contributed by atoms with E-state index in [-0.39, 0.29) is 46.6 Å². The fourth-order valence-electron chi connectivity index (χ4n) is 8.80. The number of hydrogen-bond acceptors (Lipinski definition) is 5. The highest BCUT2D eigenvalue weighted by Gasteiger charge is 2.77. The van der Waals surface area contributed by atoms with E-state index in [0.29, 0.717) is 18.4 Å². The van der Waals surface area contributed by atoms with Crippen LogP contribution in [0.2, 0.25) is 0 Å². The zero-order valence-electron chi connectivity index (χ0n) is 25.8. The molecule has 3 aliphatic carbocycles. The molecule has 2 heterocycles. The number of phenolic OH excluding ortho intramolecular Hbond substituents is 1. The van der Waals surface area contributed by atoms with Crippen LogP contribution in [0.5, 0.6) is 5.75 Å². The zero-order chi connectivity index (χ0) is 35.3. The SMILES string of the molecule is C=CCc1cccc([C@H]2C3=CC[C@@H]4C(=O)N(C5CCCCC5)C(=O)[C@@H]4[C@@H]3C[C@@]3(Cl)C(=O)N(c4c(F)c(F)c(F)c(F)c4F)C(=O)[C@@]23Cl)c1O. The second-order valence-corrected chi connectivity index (χ2v) is 14.6. The molecule has 7 rings (SSSR count). The number of amides is 4. The zero-order valence-corrected chi connectivity index (χ0v) is 27.3. The third kappa shape index (κ3) is 4.38. The van der Waals surface area contributed by atoms with Crippen LogP contribution in [0.15, 0.2) is 42.5 Å². The lowest BCUT2D eigenvalue weighted by molar-refractivity contribution is -0.143. The largest absolute Gasteiger partial charge is 0.507 e. The normalized spacial score (nSPS) is 31.5. The first-order valence-corrected chi connectivity index (χ1v) is 16.7. The van der Waals surface area contributed by atoms with E-state index in [2.05, 4.69) is 6.58 Å². The fourth-order valence-corrected chi connectivity index (χ4v) is 9.73. The Bertz CT molecular complexity index is 1870. The Hall–Kier alpha value is -3.77. The molecule has 2 aromatic carbocycles. The van der Waals surface area contributed by atoms with Crippen molar-refractivity contribution in [2.75, 3.05) is 4.90 Å². The second-order valence-electron chi connectivity index (χ2n) is 13.4. The molecule has 2 saturated carbocycles. The predicted octanol–water partition coefficient (Wildman–Crippen LogP) is 6.71. The summed E-state index contributed by atoms with van der Waals surface area (Å²) in [6.07, 6.45) is 6.58. The molecule has 4 fully saturated rings. The Balaban J connectivity index is 1.44. The van der Waals surface area contributed by atoms with Crippen molar-refractivity contribution in [1.29, 1.82) is 0 Å². The van der Waals surface area contributed by atoms with E-state index < -0.39 is 92.3 Å². The van der Waals surface area contributed by atoms with E-state index in [0.717, 1.165) is 19.3 Å². The summed E-state index contributed by atoms with van der Waals surface area (Å²) in [5.74, 6) is -21.1. The van der Waals surface area contributed by atoms with Crippen LogP contribution >= 0.6 is 23.2 Å². The van der Waals surface area contributed by atoms with Crippen molar-refractivity contribution in [3.05, 3.63) is 82.7 Å². The molecule has 0 aromatic heterocycles. The number of allylic oxidation sites excluding steroid dienone is 3. The average Bonchev–Trinajstić information content (AvgIpc) is 3.43. The van der Waals surface area contributed by atoms with E-state index in [9.17, 15) is 37.5 Å². The van der Waals surface area contributed by atoms with E-state index in [4.69, 9.17) is 23.2 Å². The minimum absolute atomic E-state index is 0.0323. The number of phenols is 1. The van der Waals surface area contributed by atoms with Gasteiger partial charge in [0.05, 0.1) is 11.8 Å². The molecular weight excluding hydrogens is 694 g/mol. The number of carbonyl (C=O) groups is 4. The fraction of sp³-hybridized carbons (Fsp3) is 0.429. The first-order valence-electron chi connectivity index (χ1n) is 16.0. The Labute approximate surface area is 287 Å². The molecule has 0 unspecified atom stereocenters. The number of carbonyl (C=O) groups excluding carboxylic acids is 4. The minimum Gasteiger partial charge on any atom is -0.507 e. The number of benzene rings is 2. The van der Waals surface area contributed by atoms with Crippen LogP contribution in [-0.4, -0.2) is 49.4 Å². The summed E-state index contributed by atoms with van der Waals surface area (Å²) in [7, 11) is 0. The monoisotopic (exact) mass is 722 g/mol. The van der Waals surface area contributed by atoms with Gasteiger partial charge >= 0.3 is 0 Å². The van der Waals surface area contributed by atoms with Crippen molar-refractivity contribution in [3.63, 3.8) is 0 Å². The maximum absolute atomic E-state index is 15.2. The summed E-state index contributed by atoms with van der Waals surface area (Å²) in [5.41, 5.74) is -1.27. The third-order valence-corrected chi connectivity index (χ3v) is 12.4. The summed E-state index contributed by atoms with van der Waals surface area (Å²) in [5, 5.41) is 11.5. The molecule has 7 nitrogen and oxygen atoms in total. The first-order chi connectivity index (χ1) is 23.2. The Morgan fingerprint density at radius 2 is 1.51 bits per heavy atom. The number of para-hydroxylation sites is 1. The molecule has 2 aromatic rings. The second kappa shape index (κ2) is 11.7. The topological polar surface area (TPSA) is 95.0 Å². The van der Waals surface area contributed by atoms with Crippen molar-refractivity contribution in [3.8, 4) is 5.75 Å². The van der Waals surface area contributed by atoms with Crippen LogP contribution in [-0.2, 0) is 25.6 Å². The molecule has 14 heteroatoms. The van der Waals surface area contributed by atoms with Crippen LogP contribution in [0.25, 0.3) is 0 Å². The van der Waals surface area contributed by atoms with Crippen molar-refractivity contribution < 1.29 is 46.2 Å². The molecule has 1 N–H and O–H groups in total. The summed E-state index contributed by atoms with van der Waals surface area (Å²) < 4.78 is 73.4. The van der Waals surface area contributed by atoms with E-state index >= 15 is 8.78 Å². The lowest BCUT2D eigenvalue weighted by Crippen LogP contribution is -2.60. The molecule has 0 spiro atoms. The average molecular weight is 724 g/mol. The van der Waals surface area contributed by atoms with Crippen molar-refractivity contribution in [2.24, 2.45) is 17.8 Å². The van der Waals surface area contributed by atoms with Crippen molar-refractivity contribution >= 4 is 52.5 Å². The lowest BCUT2D eigenvalue weighted by Gasteiger charge is -2.50. The highest BCUT2D eigenvalue weighted by molar-refractivity contribution is 6.58. The predicted molar refractivity (Wildman–Crippen MR) is 167 cm³/mol. The maximum Gasteiger partial charge on any atom is 0.258 e. The molecular formula is C35H29Cl2F5N2O5. The number of rotatable bonds is 5. The van der Waals surface area contributed by atoms with E-state index in [1.165, 1.54) is 23.1 Å². The van der Waals surface area contributed by atoms with Gasteiger partial charge in [-0.25, -0.2) is 26.9 Å². The number of imide groups is 2. The van der Waals surface area contributed by atoms with Crippen molar-refractivity contribution in [2.45, 2.75) is 73.1 Å². The number of aromatic hydroxyl groups is 1. The summed E-state index contributed by atoms with van der Waals surface area (Å²) in [6.45, 7) is 3.67. The Morgan fingerprint density at radius 1 is 0.878 bits per heavy atom. The van der Waals surface area contributed by atoms with Crippen LogP contribution in [0.4, 0.5) is 27.6 Å². The number of alkyl halides is 2. The van der Waals surface area contributed by atoms with Gasteiger partial charge in [-0.15, -0.1) is 29.8 Å². The molecule has 4 amide bonds. The molecule has 2 aliphatic heterocycles. The van der Waals surface area contributed by atoms with Crippen molar-refractivity contribution in [1.82, 2.24) is 4.90 Å². The molecule has 258 valence electrons. The lowest BCUT2D eigenvalue weighted by atomic mass is 9.56. The smallest absolute Gasteiger partial charge is 0.258 e. The molecule has 6 atom stereocenters. The summed E-state index contributed by atoms with van der Waals surface area (Å²) in [6, 6.07) is 4.17. The van der Waals surface area contributed by atoms with Gasteiger partial charge in [0.2, 0.25) is 17.6 Å². The van der Waals surface area contributed by atoms with Gasteiger partial charge in [-0.05, 0) is 43.6 Å². The van der Waals surface area contributed by atoms with Gasteiger partial charge < -0.3 is 5.11 Å². The highest BCUT2D eigenvalue weighted by Crippen LogP contribution is 2.67. The number of nitrogens with zero attached hydrogens (tertiary/aromatic N) is 2. The minimum atomic E-state index is -2.71. The number of fused-ring (bicyclic) bond motifs is 4. The molecule has 0 radical (unpaired) electrons. The molecule has 49 heavy (non-hydrogen) atoms. The van der Waals surface area contributed by atoms with Gasteiger partial charge in [0.1, 0.15) is 11.4 Å². The standard InChI is InChI=1S/C35H29Cl2F5N2O5/c1-2-7-15-8-6-11-19(29(15)45)22-17-12-13-18-21(31(47)43(30(18)46)16-9-4-3-5-10-16)20(17)14-34(36)32(48)44(33(49)35(22,34)37)28-26(41)24(39)23(38)25(40)27(28)42/h2,6,8,11-12,16,18,20-22,45H,1,3-5,7,9-10,13-14H2/t18-,20+,21-,22+,34+,35-/m0/s1. The summed E-state index contributed by atoms with van der Waals surface area (Å²) in [4.78, 5) is 52.5. The number of anilines is 1. The molecule has 5 aliphatic rings. The summed E-state index contributed by atoms with van der Waals surface area (Å²) >= 11 is 14.3. The van der Waals surface area contributed by atoms with Crippen LogP contribution in [0.1, 0.15) is 62.0 Å². The molecule has 2 saturated heterocycles. The van der Waals surface area contributed by atoms with Crippen LogP contribution in [0.3, 0.4) is 0 Å². The van der Waals surface area contributed by atoms with Crippen LogP contribution < -0.4 is 4.90 Å². The quantitative estimate of drug-likeness (QED) is 0.0925. The van der Waals surface area contributed by atoms with Gasteiger partial charge in [-0.2, -0.15) is 0 Å². The third-order valence-electron chi connectivity index (χ3n) is 11.0.